The third-order valence-electron chi connectivity index (χ3n) is 5.37. The van der Waals surface area contributed by atoms with Crippen molar-refractivity contribution in [2.75, 3.05) is 21.3 Å². The molecule has 24 heavy (non-hydrogen) atoms. The molecule has 0 bridgehead atoms. The van der Waals surface area contributed by atoms with Crippen LogP contribution in [0.5, 0.6) is 11.5 Å². The fraction of sp³-hybridized carbons (Fsp3) is 0.556. The Bertz CT molecular complexity index is 659. The zero-order valence-corrected chi connectivity index (χ0v) is 14.3. The molecule has 0 aromatic heterocycles. The Morgan fingerprint density at radius 3 is 2.58 bits per heavy atom. The normalized spacial score (nSPS) is 26.0. The SMILES string of the molecule is COC(=O)N1C(=O)C[C@@]2(c3ccc(OC)c(OC)c3)CCCC[C@@H]12. The molecule has 2 aliphatic rings. The molecule has 1 saturated heterocycles. The lowest BCUT2D eigenvalue weighted by Crippen LogP contribution is -2.47. The Hall–Kier alpha value is -2.24. The van der Waals surface area contributed by atoms with Crippen LogP contribution in [0.2, 0.25) is 0 Å². The van der Waals surface area contributed by atoms with E-state index in [0.717, 1.165) is 31.2 Å². The molecule has 2 amide bonds. The van der Waals surface area contributed by atoms with Crippen LogP contribution in [0.3, 0.4) is 0 Å². The van der Waals surface area contributed by atoms with Gasteiger partial charge >= 0.3 is 6.09 Å². The quantitative estimate of drug-likeness (QED) is 0.851. The van der Waals surface area contributed by atoms with Gasteiger partial charge in [0.05, 0.1) is 27.4 Å². The van der Waals surface area contributed by atoms with E-state index in [9.17, 15) is 9.59 Å². The van der Waals surface area contributed by atoms with Crippen molar-refractivity contribution < 1.29 is 23.8 Å². The minimum Gasteiger partial charge on any atom is -0.493 e. The Kier molecular flexibility index (Phi) is 4.39. The minimum absolute atomic E-state index is 0.163. The Balaban J connectivity index is 2.06. The van der Waals surface area contributed by atoms with Crippen molar-refractivity contribution in [3.05, 3.63) is 23.8 Å². The number of nitrogens with zero attached hydrogens (tertiary/aromatic N) is 1. The van der Waals surface area contributed by atoms with Crippen molar-refractivity contribution in [3.63, 3.8) is 0 Å². The summed E-state index contributed by atoms with van der Waals surface area (Å²) in [6, 6.07) is 5.61. The van der Waals surface area contributed by atoms with E-state index >= 15 is 0 Å². The molecule has 3 rings (SSSR count). The highest BCUT2D eigenvalue weighted by Gasteiger charge is 2.56. The molecule has 2 atom stereocenters. The molecular weight excluding hydrogens is 310 g/mol. The molecule has 130 valence electrons. The summed E-state index contributed by atoms with van der Waals surface area (Å²) in [6.45, 7) is 0. The average molecular weight is 333 g/mol. The van der Waals surface area contributed by atoms with E-state index in [0.29, 0.717) is 17.9 Å². The number of imide groups is 1. The van der Waals surface area contributed by atoms with Gasteiger partial charge in [-0.1, -0.05) is 18.9 Å². The smallest absolute Gasteiger partial charge is 0.416 e. The van der Waals surface area contributed by atoms with Gasteiger partial charge in [0.25, 0.3) is 0 Å². The van der Waals surface area contributed by atoms with Crippen molar-refractivity contribution in [2.24, 2.45) is 0 Å². The van der Waals surface area contributed by atoms with Gasteiger partial charge in [0, 0.05) is 11.8 Å². The fourth-order valence-corrected chi connectivity index (χ4v) is 4.24. The summed E-state index contributed by atoms with van der Waals surface area (Å²) in [5.41, 5.74) is 0.646. The van der Waals surface area contributed by atoms with Gasteiger partial charge in [0.2, 0.25) is 5.91 Å². The van der Waals surface area contributed by atoms with E-state index in [4.69, 9.17) is 14.2 Å². The molecule has 1 aliphatic carbocycles. The molecule has 0 spiro atoms. The minimum atomic E-state index is -0.561. The van der Waals surface area contributed by atoms with E-state index in [-0.39, 0.29) is 17.4 Å². The Morgan fingerprint density at radius 1 is 1.17 bits per heavy atom. The van der Waals surface area contributed by atoms with Gasteiger partial charge in [0.1, 0.15) is 0 Å². The molecule has 6 nitrogen and oxygen atoms in total. The van der Waals surface area contributed by atoms with E-state index in [2.05, 4.69) is 0 Å². The van der Waals surface area contributed by atoms with Crippen molar-refractivity contribution in [1.82, 2.24) is 4.90 Å². The summed E-state index contributed by atoms with van der Waals surface area (Å²) in [4.78, 5) is 26.0. The van der Waals surface area contributed by atoms with Crippen LogP contribution in [0, 0.1) is 0 Å². The van der Waals surface area contributed by atoms with Crippen LogP contribution >= 0.6 is 0 Å². The monoisotopic (exact) mass is 333 g/mol. The first-order valence-electron chi connectivity index (χ1n) is 8.20. The van der Waals surface area contributed by atoms with Crippen LogP contribution in [-0.2, 0) is 14.9 Å². The van der Waals surface area contributed by atoms with Gasteiger partial charge in [-0.05, 0) is 30.5 Å². The fourth-order valence-electron chi connectivity index (χ4n) is 4.24. The first kappa shape index (κ1) is 16.6. The highest BCUT2D eigenvalue weighted by molar-refractivity contribution is 5.96. The summed E-state index contributed by atoms with van der Waals surface area (Å²) in [7, 11) is 4.50. The maximum atomic E-state index is 12.6. The molecule has 1 saturated carbocycles. The maximum absolute atomic E-state index is 12.6. The highest BCUT2D eigenvalue weighted by atomic mass is 16.5. The molecule has 6 heteroatoms. The lowest BCUT2D eigenvalue weighted by Gasteiger charge is -2.40. The van der Waals surface area contributed by atoms with E-state index < -0.39 is 6.09 Å². The van der Waals surface area contributed by atoms with Crippen LogP contribution < -0.4 is 9.47 Å². The summed E-state index contributed by atoms with van der Waals surface area (Å²) < 4.78 is 15.6. The number of hydrogen-bond acceptors (Lipinski definition) is 5. The lowest BCUT2D eigenvalue weighted by atomic mass is 9.66. The van der Waals surface area contributed by atoms with Crippen LogP contribution in [0.4, 0.5) is 4.79 Å². The second-order valence-corrected chi connectivity index (χ2v) is 6.40. The number of likely N-dealkylation sites (tertiary alicyclic amines) is 1. The molecule has 0 radical (unpaired) electrons. The zero-order chi connectivity index (χ0) is 17.3. The first-order valence-corrected chi connectivity index (χ1v) is 8.20. The number of rotatable bonds is 3. The summed E-state index contributed by atoms with van der Waals surface area (Å²) in [5, 5.41) is 0. The standard InChI is InChI=1S/C18H23NO5/c1-22-13-8-7-12(10-14(13)23-2)18-9-5-4-6-15(18)19(16(20)11-18)17(21)24-3/h7-8,10,15H,4-6,9,11H2,1-3H3/t15-,18-/m1/s1. The van der Waals surface area contributed by atoms with Gasteiger partial charge < -0.3 is 14.2 Å². The van der Waals surface area contributed by atoms with Crippen molar-refractivity contribution in [2.45, 2.75) is 43.6 Å². The summed E-state index contributed by atoms with van der Waals surface area (Å²) >= 11 is 0. The molecule has 1 aromatic rings. The van der Waals surface area contributed by atoms with E-state index in [1.54, 1.807) is 14.2 Å². The second kappa shape index (κ2) is 6.34. The predicted molar refractivity (Wildman–Crippen MR) is 87.3 cm³/mol. The number of carbonyl (C=O) groups is 2. The number of fused-ring (bicyclic) bond motifs is 1. The third kappa shape index (κ3) is 2.41. The molecule has 1 heterocycles. The van der Waals surface area contributed by atoms with Gasteiger partial charge in [-0.15, -0.1) is 0 Å². The van der Waals surface area contributed by atoms with Crippen LogP contribution in [0.1, 0.15) is 37.7 Å². The molecule has 0 unspecified atom stereocenters. The van der Waals surface area contributed by atoms with Crippen LogP contribution in [-0.4, -0.2) is 44.3 Å². The molecule has 1 aromatic carbocycles. The third-order valence-corrected chi connectivity index (χ3v) is 5.37. The Morgan fingerprint density at radius 2 is 1.92 bits per heavy atom. The van der Waals surface area contributed by atoms with Gasteiger partial charge in [-0.3, -0.25) is 4.79 Å². The van der Waals surface area contributed by atoms with Crippen molar-refractivity contribution >= 4 is 12.0 Å². The number of benzene rings is 1. The number of hydrogen-bond donors (Lipinski definition) is 0. The summed E-state index contributed by atoms with van der Waals surface area (Å²) in [6.07, 6.45) is 3.46. The maximum Gasteiger partial charge on any atom is 0.416 e. The number of ether oxygens (including phenoxy) is 3. The van der Waals surface area contributed by atoms with E-state index in [1.807, 2.05) is 18.2 Å². The first-order chi connectivity index (χ1) is 11.6. The van der Waals surface area contributed by atoms with Crippen LogP contribution in [0.15, 0.2) is 18.2 Å². The number of carbonyl (C=O) groups excluding carboxylic acids is 2. The highest BCUT2D eigenvalue weighted by Crippen LogP contribution is 2.50. The topological polar surface area (TPSA) is 65.1 Å². The zero-order valence-electron chi connectivity index (χ0n) is 14.3. The van der Waals surface area contributed by atoms with Gasteiger partial charge in [-0.2, -0.15) is 0 Å². The van der Waals surface area contributed by atoms with Crippen LogP contribution in [0.25, 0.3) is 0 Å². The average Bonchev–Trinajstić information content (AvgIpc) is 2.93. The second-order valence-electron chi connectivity index (χ2n) is 6.40. The lowest BCUT2D eigenvalue weighted by molar-refractivity contribution is -0.127. The van der Waals surface area contributed by atoms with Crippen molar-refractivity contribution in [3.8, 4) is 11.5 Å². The predicted octanol–water partition coefficient (Wildman–Crippen LogP) is 2.88. The number of methoxy groups -OCH3 is 3. The van der Waals surface area contributed by atoms with Crippen molar-refractivity contribution in [1.29, 1.82) is 0 Å². The molecule has 2 fully saturated rings. The molecule has 0 N–H and O–H groups in total. The van der Waals surface area contributed by atoms with Gasteiger partial charge in [0.15, 0.2) is 11.5 Å². The number of amides is 2. The molecular formula is C18H23NO5. The summed E-state index contributed by atoms with van der Waals surface area (Å²) in [5.74, 6) is 1.13. The van der Waals surface area contributed by atoms with Gasteiger partial charge in [-0.25, -0.2) is 9.69 Å². The molecule has 1 aliphatic heterocycles. The Labute approximate surface area is 141 Å². The van der Waals surface area contributed by atoms with E-state index in [1.165, 1.54) is 12.0 Å². The largest absolute Gasteiger partial charge is 0.493 e.